The Kier molecular flexibility index (Phi) is 7.69. The molecule has 2 N–H and O–H groups in total. The maximum Gasteiger partial charge on any atom is 0.407 e. The first-order valence-corrected chi connectivity index (χ1v) is 10.0. The van der Waals surface area contributed by atoms with Crippen LogP contribution < -0.4 is 10.6 Å². The lowest BCUT2D eigenvalue weighted by Crippen LogP contribution is -2.36. The van der Waals surface area contributed by atoms with Crippen molar-refractivity contribution in [2.45, 2.75) is 20.0 Å². The van der Waals surface area contributed by atoms with Gasteiger partial charge in [-0.05, 0) is 17.7 Å². The molecule has 166 valence electrons. The second-order valence-corrected chi connectivity index (χ2v) is 7.19. The van der Waals surface area contributed by atoms with Gasteiger partial charge in [0.05, 0.1) is 13.1 Å². The zero-order valence-electron chi connectivity index (χ0n) is 17.5. The van der Waals surface area contributed by atoms with Gasteiger partial charge in [0.1, 0.15) is 12.1 Å². The first-order valence-electron chi connectivity index (χ1n) is 10.0. The van der Waals surface area contributed by atoms with Gasteiger partial charge >= 0.3 is 6.09 Å². The summed E-state index contributed by atoms with van der Waals surface area (Å²) in [6, 6.07) is 16.1. The maximum absolute atomic E-state index is 12.2. The minimum atomic E-state index is -0.719. The van der Waals surface area contributed by atoms with Crippen molar-refractivity contribution in [3.8, 4) is 0 Å². The summed E-state index contributed by atoms with van der Waals surface area (Å²) in [5.74, 6) is -2.05. The molecule has 0 radical (unpaired) electrons. The molecule has 9 nitrogen and oxygen atoms in total. The summed E-state index contributed by atoms with van der Waals surface area (Å²) in [4.78, 5) is 52.3. The number of aromatic nitrogens is 1. The Morgan fingerprint density at radius 2 is 1.69 bits per heavy atom. The molecule has 0 aliphatic heterocycles. The van der Waals surface area contributed by atoms with E-state index in [9.17, 15) is 19.2 Å². The topological polar surface area (TPSA) is 128 Å². The monoisotopic (exact) mass is 437 g/mol. The van der Waals surface area contributed by atoms with Gasteiger partial charge in [-0.1, -0.05) is 49.4 Å². The summed E-state index contributed by atoms with van der Waals surface area (Å²) in [5.41, 5.74) is 1.86. The second-order valence-electron chi connectivity index (χ2n) is 7.19. The standard InChI is InChI=1S/C23H23N3O6/c1-15(11-17(27)12-25-23(30)31-14-16-7-3-2-4-8-16)21(29)24-13-19(28)22-26-18-9-5-6-10-20(18)32-22/h2-10,15H,11-14H2,1H3,(H,24,29)(H,25,30)/t15-/m1/s1. The number of Topliss-reactive ketones (excluding diaryl/α,β-unsaturated/α-hetero) is 2. The molecule has 0 saturated heterocycles. The van der Waals surface area contributed by atoms with Gasteiger partial charge in [0.15, 0.2) is 11.4 Å². The molecular weight excluding hydrogens is 414 g/mol. The van der Waals surface area contributed by atoms with Crippen LogP contribution in [-0.4, -0.2) is 41.6 Å². The number of alkyl carbamates (subject to hydrolysis) is 1. The predicted octanol–water partition coefficient (Wildman–Crippen LogP) is 2.65. The number of nitrogens with one attached hydrogen (secondary N) is 2. The number of hydrogen-bond acceptors (Lipinski definition) is 7. The van der Waals surface area contributed by atoms with Crippen LogP contribution in [0.5, 0.6) is 0 Å². The van der Waals surface area contributed by atoms with E-state index in [1.54, 1.807) is 31.2 Å². The quantitative estimate of drug-likeness (QED) is 0.467. The highest BCUT2D eigenvalue weighted by atomic mass is 16.5. The highest BCUT2D eigenvalue weighted by molar-refractivity contribution is 5.98. The van der Waals surface area contributed by atoms with E-state index in [-0.39, 0.29) is 37.8 Å². The average molecular weight is 437 g/mol. The molecule has 0 spiro atoms. The fourth-order valence-corrected chi connectivity index (χ4v) is 2.86. The molecule has 0 bridgehead atoms. The molecule has 0 fully saturated rings. The van der Waals surface area contributed by atoms with Gasteiger partial charge < -0.3 is 19.8 Å². The van der Waals surface area contributed by atoms with Gasteiger partial charge in [0.2, 0.25) is 11.7 Å². The smallest absolute Gasteiger partial charge is 0.407 e. The van der Waals surface area contributed by atoms with Crippen molar-refractivity contribution >= 4 is 34.7 Å². The number of carbonyl (C=O) groups is 4. The normalized spacial score (nSPS) is 11.5. The molecule has 1 atom stereocenters. The van der Waals surface area contributed by atoms with Crippen LogP contribution in [0.1, 0.15) is 29.6 Å². The zero-order valence-corrected chi connectivity index (χ0v) is 17.5. The predicted molar refractivity (Wildman–Crippen MR) is 115 cm³/mol. The van der Waals surface area contributed by atoms with E-state index in [1.165, 1.54) is 0 Å². The molecule has 3 aromatic rings. The van der Waals surface area contributed by atoms with Gasteiger partial charge in [-0.2, -0.15) is 0 Å². The van der Waals surface area contributed by atoms with Gasteiger partial charge in [-0.25, -0.2) is 9.78 Å². The third-order valence-corrected chi connectivity index (χ3v) is 4.58. The minimum absolute atomic E-state index is 0.0894. The van der Waals surface area contributed by atoms with Gasteiger partial charge in [-0.15, -0.1) is 0 Å². The SMILES string of the molecule is C[C@H](CC(=O)CNC(=O)OCc1ccccc1)C(=O)NCC(=O)c1nc2ccccc2o1. The van der Waals surface area contributed by atoms with Crippen molar-refractivity contribution in [2.75, 3.05) is 13.1 Å². The summed E-state index contributed by atoms with van der Waals surface area (Å²) in [7, 11) is 0. The summed E-state index contributed by atoms with van der Waals surface area (Å²) >= 11 is 0. The number of benzene rings is 2. The number of amides is 2. The Morgan fingerprint density at radius 1 is 0.969 bits per heavy atom. The summed E-state index contributed by atoms with van der Waals surface area (Å²) in [6.07, 6.45) is -0.815. The Morgan fingerprint density at radius 3 is 2.44 bits per heavy atom. The van der Waals surface area contributed by atoms with Crippen molar-refractivity contribution in [1.82, 2.24) is 15.6 Å². The van der Waals surface area contributed by atoms with Crippen molar-refractivity contribution in [3.63, 3.8) is 0 Å². The number of para-hydroxylation sites is 2. The number of hydrogen-bond donors (Lipinski definition) is 2. The van der Waals surface area contributed by atoms with Crippen molar-refractivity contribution in [1.29, 1.82) is 0 Å². The molecule has 1 aromatic heterocycles. The summed E-state index contributed by atoms with van der Waals surface area (Å²) < 4.78 is 10.4. The third-order valence-electron chi connectivity index (χ3n) is 4.58. The molecule has 2 amide bonds. The first-order chi connectivity index (χ1) is 15.4. The summed E-state index contributed by atoms with van der Waals surface area (Å²) in [6.45, 7) is 1.10. The molecule has 9 heteroatoms. The lowest BCUT2D eigenvalue weighted by atomic mass is 10.0. The molecular formula is C23H23N3O6. The van der Waals surface area contributed by atoms with E-state index in [0.29, 0.717) is 11.1 Å². The highest BCUT2D eigenvalue weighted by Gasteiger charge is 2.20. The van der Waals surface area contributed by atoms with Crippen LogP contribution >= 0.6 is 0 Å². The van der Waals surface area contributed by atoms with Crippen molar-refractivity contribution < 1.29 is 28.3 Å². The number of carbonyl (C=O) groups excluding carboxylic acids is 4. The Hall–Kier alpha value is -4.01. The first kappa shape index (κ1) is 22.7. The van der Waals surface area contributed by atoms with E-state index in [2.05, 4.69) is 15.6 Å². The fraction of sp³-hybridized carbons (Fsp3) is 0.261. The van der Waals surface area contributed by atoms with Crippen LogP contribution in [0.25, 0.3) is 11.1 Å². The molecule has 0 aliphatic carbocycles. The second kappa shape index (κ2) is 10.9. The number of ketones is 2. The lowest BCUT2D eigenvalue weighted by Gasteiger charge is -2.11. The molecule has 0 saturated carbocycles. The van der Waals surface area contributed by atoms with E-state index >= 15 is 0 Å². The van der Waals surface area contributed by atoms with E-state index in [0.717, 1.165) is 5.56 Å². The van der Waals surface area contributed by atoms with E-state index in [1.807, 2.05) is 30.3 Å². The Labute approximate surface area is 184 Å². The van der Waals surface area contributed by atoms with E-state index < -0.39 is 23.7 Å². The van der Waals surface area contributed by atoms with Gasteiger partial charge in [0.25, 0.3) is 5.89 Å². The molecule has 0 aliphatic rings. The molecule has 1 heterocycles. The third kappa shape index (κ3) is 6.49. The molecule has 32 heavy (non-hydrogen) atoms. The fourth-order valence-electron chi connectivity index (χ4n) is 2.86. The molecule has 2 aromatic carbocycles. The van der Waals surface area contributed by atoms with E-state index in [4.69, 9.17) is 9.15 Å². The largest absolute Gasteiger partial charge is 0.445 e. The zero-order chi connectivity index (χ0) is 22.9. The van der Waals surface area contributed by atoms with Crippen LogP contribution in [0, 0.1) is 5.92 Å². The molecule has 3 rings (SSSR count). The Balaban J connectivity index is 1.36. The van der Waals surface area contributed by atoms with Crippen LogP contribution in [0.2, 0.25) is 0 Å². The van der Waals surface area contributed by atoms with Crippen LogP contribution in [0.15, 0.2) is 59.0 Å². The number of nitrogens with zero attached hydrogens (tertiary/aromatic N) is 1. The number of fused-ring (bicyclic) bond motifs is 1. The lowest BCUT2D eigenvalue weighted by molar-refractivity contribution is -0.128. The molecule has 0 unspecified atom stereocenters. The van der Waals surface area contributed by atoms with Gasteiger partial charge in [0, 0.05) is 12.3 Å². The van der Waals surface area contributed by atoms with Crippen molar-refractivity contribution in [2.24, 2.45) is 5.92 Å². The minimum Gasteiger partial charge on any atom is -0.445 e. The van der Waals surface area contributed by atoms with Crippen LogP contribution in [0.4, 0.5) is 4.79 Å². The van der Waals surface area contributed by atoms with Crippen molar-refractivity contribution in [3.05, 3.63) is 66.1 Å². The number of rotatable bonds is 10. The van der Waals surface area contributed by atoms with Crippen LogP contribution in [-0.2, 0) is 20.9 Å². The number of oxazole rings is 1. The highest BCUT2D eigenvalue weighted by Crippen LogP contribution is 2.14. The van der Waals surface area contributed by atoms with Gasteiger partial charge in [-0.3, -0.25) is 14.4 Å². The average Bonchev–Trinajstić information content (AvgIpc) is 3.24. The number of ether oxygens (including phenoxy) is 1. The van der Waals surface area contributed by atoms with Crippen LogP contribution in [0.3, 0.4) is 0 Å². The maximum atomic E-state index is 12.2. The summed E-state index contributed by atoms with van der Waals surface area (Å²) in [5, 5.41) is 4.85. The Bertz CT molecular complexity index is 1080.